The maximum atomic E-state index is 12.1. The Morgan fingerprint density at radius 3 is 3.20 bits per heavy atom. The Bertz CT molecular complexity index is 621. The first-order valence-electron chi connectivity index (χ1n) is 6.47. The summed E-state index contributed by atoms with van der Waals surface area (Å²) in [5.41, 5.74) is 1.97. The average molecular weight is 293 g/mol. The number of aliphatic hydroxyl groups excluding tert-OH is 1. The monoisotopic (exact) mass is 293 g/mol. The number of aryl methyl sites for hydroxylation is 2. The first-order valence-corrected chi connectivity index (χ1v) is 7.35. The van der Waals surface area contributed by atoms with Gasteiger partial charge < -0.3 is 14.9 Å². The maximum absolute atomic E-state index is 12.1. The number of carbonyl (C=O) groups excluding carboxylic acids is 1. The number of nitrogens with one attached hydrogen (secondary N) is 1. The number of nitrogens with zero attached hydrogens (tertiary/aromatic N) is 2. The molecule has 1 unspecified atom stereocenters. The topological polar surface area (TPSA) is 88.3 Å². The molecule has 0 aliphatic heterocycles. The number of hydrogen-bond donors (Lipinski definition) is 2. The zero-order chi connectivity index (χ0) is 14.1. The molecule has 2 aromatic rings. The van der Waals surface area contributed by atoms with Gasteiger partial charge in [0.1, 0.15) is 17.1 Å². The number of rotatable bonds is 3. The first-order chi connectivity index (χ1) is 9.67. The Balaban J connectivity index is 1.69. The van der Waals surface area contributed by atoms with Gasteiger partial charge in [0.05, 0.1) is 11.6 Å². The number of hydrogen-bond acceptors (Lipinski definition) is 6. The van der Waals surface area contributed by atoms with Crippen LogP contribution in [0.4, 0.5) is 0 Å². The molecule has 0 fully saturated rings. The van der Waals surface area contributed by atoms with Crippen LogP contribution in [0.3, 0.4) is 0 Å². The third kappa shape index (κ3) is 2.46. The summed E-state index contributed by atoms with van der Waals surface area (Å²) in [6, 6.07) is 0.0294. The number of thiazole rings is 1. The van der Waals surface area contributed by atoms with Crippen molar-refractivity contribution in [3.05, 3.63) is 33.1 Å². The van der Waals surface area contributed by atoms with Gasteiger partial charge in [-0.2, -0.15) is 0 Å². The van der Waals surface area contributed by atoms with Crippen LogP contribution in [0.25, 0.3) is 0 Å². The van der Waals surface area contributed by atoms with Gasteiger partial charge >= 0.3 is 0 Å². The van der Waals surface area contributed by atoms with Crippen molar-refractivity contribution in [1.82, 2.24) is 15.5 Å². The average Bonchev–Trinajstić information content (AvgIpc) is 3.04. The Morgan fingerprint density at radius 2 is 2.50 bits per heavy atom. The van der Waals surface area contributed by atoms with Crippen molar-refractivity contribution in [3.8, 4) is 0 Å². The molecule has 1 atom stereocenters. The Hall–Kier alpha value is -1.73. The van der Waals surface area contributed by atoms with Gasteiger partial charge in [0, 0.05) is 23.4 Å². The fraction of sp³-hybridized carbons (Fsp3) is 0.462. The Morgan fingerprint density at radius 1 is 1.65 bits per heavy atom. The number of carbonyl (C=O) groups is 1. The number of aliphatic hydroxyl groups is 1. The molecule has 1 aliphatic carbocycles. The molecule has 0 saturated carbocycles. The fourth-order valence-electron chi connectivity index (χ4n) is 2.44. The van der Waals surface area contributed by atoms with Gasteiger partial charge in [-0.05, 0) is 19.8 Å². The van der Waals surface area contributed by atoms with Gasteiger partial charge in [0.2, 0.25) is 0 Å². The molecule has 0 bridgehead atoms. The van der Waals surface area contributed by atoms with E-state index in [1.165, 1.54) is 11.3 Å². The molecule has 2 heterocycles. The van der Waals surface area contributed by atoms with Gasteiger partial charge in [0.25, 0.3) is 5.91 Å². The standard InChI is InChI=1S/C13H15N3O3S/c1-7-14-11(6-20-7)13(18)15-8-2-3-12-9(4-8)10(5-17)16-19-12/h6,8,17H,2-5H2,1H3,(H,15,18). The van der Waals surface area contributed by atoms with Gasteiger partial charge in [-0.1, -0.05) is 5.16 Å². The number of amides is 1. The number of aromatic nitrogens is 2. The highest BCUT2D eigenvalue weighted by Gasteiger charge is 2.27. The van der Waals surface area contributed by atoms with Crippen LogP contribution in [0.1, 0.15) is 38.9 Å². The van der Waals surface area contributed by atoms with Crippen LogP contribution < -0.4 is 5.32 Å². The molecule has 106 valence electrons. The minimum absolute atomic E-state index is 0.0294. The predicted molar refractivity (Wildman–Crippen MR) is 72.6 cm³/mol. The molecule has 2 N–H and O–H groups in total. The van der Waals surface area contributed by atoms with Gasteiger partial charge in [-0.25, -0.2) is 4.98 Å². The van der Waals surface area contributed by atoms with Crippen molar-refractivity contribution in [2.75, 3.05) is 0 Å². The molecule has 0 spiro atoms. The lowest BCUT2D eigenvalue weighted by molar-refractivity contribution is 0.0928. The lowest BCUT2D eigenvalue weighted by Gasteiger charge is -2.22. The zero-order valence-corrected chi connectivity index (χ0v) is 11.9. The van der Waals surface area contributed by atoms with E-state index in [1.807, 2.05) is 6.92 Å². The van der Waals surface area contributed by atoms with Crippen LogP contribution in [-0.4, -0.2) is 27.2 Å². The highest BCUT2D eigenvalue weighted by atomic mass is 32.1. The second-order valence-electron chi connectivity index (χ2n) is 4.85. The molecule has 0 saturated heterocycles. The lowest BCUT2D eigenvalue weighted by atomic mass is 9.92. The summed E-state index contributed by atoms with van der Waals surface area (Å²) in [4.78, 5) is 16.3. The minimum atomic E-state index is -0.148. The fourth-order valence-corrected chi connectivity index (χ4v) is 3.03. The van der Waals surface area contributed by atoms with E-state index in [9.17, 15) is 9.90 Å². The molecule has 6 nitrogen and oxygen atoms in total. The van der Waals surface area contributed by atoms with Crippen LogP contribution in [0.15, 0.2) is 9.90 Å². The van der Waals surface area contributed by atoms with Crippen LogP contribution in [0.5, 0.6) is 0 Å². The van der Waals surface area contributed by atoms with E-state index in [0.717, 1.165) is 29.2 Å². The molecule has 0 aromatic carbocycles. The number of fused-ring (bicyclic) bond motifs is 1. The predicted octanol–water partition coefficient (Wildman–Crippen LogP) is 1.22. The summed E-state index contributed by atoms with van der Waals surface area (Å²) in [7, 11) is 0. The molecular weight excluding hydrogens is 278 g/mol. The van der Waals surface area contributed by atoms with E-state index in [1.54, 1.807) is 5.38 Å². The van der Waals surface area contributed by atoms with E-state index >= 15 is 0 Å². The van der Waals surface area contributed by atoms with Crippen LogP contribution in [0.2, 0.25) is 0 Å². The summed E-state index contributed by atoms with van der Waals surface area (Å²) in [5, 5.41) is 18.7. The van der Waals surface area contributed by atoms with Crippen molar-refractivity contribution in [2.45, 2.75) is 38.8 Å². The van der Waals surface area contributed by atoms with Crippen molar-refractivity contribution in [3.63, 3.8) is 0 Å². The lowest BCUT2D eigenvalue weighted by Crippen LogP contribution is -2.39. The molecular formula is C13H15N3O3S. The summed E-state index contributed by atoms with van der Waals surface area (Å²) >= 11 is 1.46. The van der Waals surface area contributed by atoms with Gasteiger partial charge in [-0.3, -0.25) is 4.79 Å². The highest BCUT2D eigenvalue weighted by molar-refractivity contribution is 7.09. The SMILES string of the molecule is Cc1nc(C(=O)NC2CCc3onc(CO)c3C2)cs1. The van der Waals surface area contributed by atoms with Crippen molar-refractivity contribution < 1.29 is 14.4 Å². The summed E-state index contributed by atoms with van der Waals surface area (Å²) in [5.74, 6) is 0.675. The van der Waals surface area contributed by atoms with Crippen molar-refractivity contribution in [2.24, 2.45) is 0 Å². The van der Waals surface area contributed by atoms with Gasteiger partial charge in [-0.15, -0.1) is 11.3 Å². The van der Waals surface area contributed by atoms with Crippen LogP contribution in [-0.2, 0) is 19.4 Å². The molecule has 3 rings (SSSR count). The van der Waals surface area contributed by atoms with E-state index in [0.29, 0.717) is 17.8 Å². The molecule has 1 amide bonds. The summed E-state index contributed by atoms with van der Waals surface area (Å²) in [6.45, 7) is 1.74. The summed E-state index contributed by atoms with van der Waals surface area (Å²) in [6.07, 6.45) is 2.18. The zero-order valence-electron chi connectivity index (χ0n) is 11.0. The minimum Gasteiger partial charge on any atom is -0.390 e. The van der Waals surface area contributed by atoms with Gasteiger partial charge in [0.15, 0.2) is 0 Å². The highest BCUT2D eigenvalue weighted by Crippen LogP contribution is 2.24. The maximum Gasteiger partial charge on any atom is 0.270 e. The normalized spacial score (nSPS) is 17.8. The quantitative estimate of drug-likeness (QED) is 0.888. The van der Waals surface area contributed by atoms with E-state index in [4.69, 9.17) is 4.52 Å². The second kappa shape index (κ2) is 5.34. The van der Waals surface area contributed by atoms with Crippen molar-refractivity contribution in [1.29, 1.82) is 0 Å². The summed E-state index contributed by atoms with van der Waals surface area (Å²) < 4.78 is 5.19. The molecule has 0 radical (unpaired) electrons. The largest absolute Gasteiger partial charge is 0.390 e. The van der Waals surface area contributed by atoms with E-state index in [-0.39, 0.29) is 18.6 Å². The molecule has 7 heteroatoms. The molecule has 2 aromatic heterocycles. The van der Waals surface area contributed by atoms with Crippen LogP contribution >= 0.6 is 11.3 Å². The van der Waals surface area contributed by atoms with E-state index < -0.39 is 0 Å². The first kappa shape index (κ1) is 13.3. The Kier molecular flexibility index (Phi) is 3.54. The second-order valence-corrected chi connectivity index (χ2v) is 5.92. The van der Waals surface area contributed by atoms with Crippen molar-refractivity contribution >= 4 is 17.2 Å². The molecule has 1 aliphatic rings. The smallest absolute Gasteiger partial charge is 0.270 e. The van der Waals surface area contributed by atoms with E-state index in [2.05, 4.69) is 15.5 Å². The Labute approximate surface area is 119 Å². The molecule has 20 heavy (non-hydrogen) atoms. The van der Waals surface area contributed by atoms with Crippen LogP contribution in [0, 0.1) is 6.92 Å². The third-order valence-electron chi connectivity index (χ3n) is 3.46. The third-order valence-corrected chi connectivity index (χ3v) is 4.23.